The summed E-state index contributed by atoms with van der Waals surface area (Å²) in [5.41, 5.74) is 2.24. The van der Waals surface area contributed by atoms with Gasteiger partial charge in [0, 0.05) is 17.6 Å². The zero-order valence-corrected chi connectivity index (χ0v) is 17.0. The van der Waals surface area contributed by atoms with Gasteiger partial charge >= 0.3 is 5.97 Å². The number of carbonyl (C=O) groups excluding carboxylic acids is 1. The summed E-state index contributed by atoms with van der Waals surface area (Å²) in [6.07, 6.45) is -5.28. The van der Waals surface area contributed by atoms with Crippen LogP contribution in [0.25, 0.3) is 0 Å². The van der Waals surface area contributed by atoms with E-state index < -0.39 is 49.1 Å². The molecular weight excluding hydrogens is 396 g/mol. The third-order valence-electron chi connectivity index (χ3n) is 7.98. The topological polar surface area (TPSA) is 135 Å². The lowest BCUT2D eigenvalue weighted by atomic mass is 9.62. The fraction of sp³-hybridized carbons (Fsp3) is 0.762. The average Bonchev–Trinajstić information content (AvgIpc) is 3.44. The molecule has 9 nitrogen and oxygen atoms in total. The van der Waals surface area contributed by atoms with Gasteiger partial charge in [0.05, 0.1) is 6.61 Å². The lowest BCUT2D eigenvalue weighted by molar-refractivity contribution is -0.484. The third-order valence-corrected chi connectivity index (χ3v) is 7.98. The minimum Gasteiger partial charge on any atom is -0.423 e. The maximum absolute atomic E-state index is 12.4. The Kier molecular flexibility index (Phi) is 4.51. The normalized spacial score (nSPS) is 52.1. The molecule has 4 fully saturated rings. The first-order valence-electron chi connectivity index (χ1n) is 10.4. The second-order valence-electron chi connectivity index (χ2n) is 9.59. The maximum Gasteiger partial charge on any atom is 0.336 e. The van der Waals surface area contributed by atoms with Gasteiger partial charge in [0.2, 0.25) is 6.29 Å². The van der Waals surface area contributed by atoms with Crippen LogP contribution in [0.4, 0.5) is 0 Å². The predicted molar refractivity (Wildman–Crippen MR) is 99.0 cm³/mol. The number of allylic oxidation sites excluding steroid dienone is 1. The molecule has 0 aromatic rings. The molecule has 3 aliphatic carbocycles. The Morgan fingerprint density at radius 1 is 1.23 bits per heavy atom. The van der Waals surface area contributed by atoms with Gasteiger partial charge in [-0.05, 0) is 42.9 Å². The minimum atomic E-state index is -1.61. The highest BCUT2D eigenvalue weighted by Gasteiger charge is 2.70. The quantitative estimate of drug-likeness (QED) is 0.212. The van der Waals surface area contributed by atoms with Crippen LogP contribution in [-0.2, 0) is 24.0 Å². The molecule has 0 radical (unpaired) electrons. The second-order valence-corrected chi connectivity index (χ2v) is 9.59. The molecule has 9 heteroatoms. The van der Waals surface area contributed by atoms with Crippen LogP contribution >= 0.6 is 0 Å². The van der Waals surface area contributed by atoms with Crippen molar-refractivity contribution >= 4 is 5.97 Å². The van der Waals surface area contributed by atoms with Crippen molar-refractivity contribution in [3.63, 3.8) is 0 Å². The van der Waals surface area contributed by atoms with Gasteiger partial charge in [0.15, 0.2) is 0 Å². The van der Waals surface area contributed by atoms with Crippen molar-refractivity contribution in [3.8, 4) is 0 Å². The van der Waals surface area contributed by atoms with Gasteiger partial charge < -0.3 is 29.9 Å². The van der Waals surface area contributed by atoms with E-state index in [-0.39, 0.29) is 11.3 Å². The molecule has 10 atom stereocenters. The number of aliphatic hydroxyl groups is 4. The van der Waals surface area contributed by atoms with Crippen LogP contribution in [0.5, 0.6) is 0 Å². The van der Waals surface area contributed by atoms with E-state index in [0.29, 0.717) is 35.8 Å². The van der Waals surface area contributed by atoms with E-state index >= 15 is 0 Å². The Balaban J connectivity index is 1.40. The molecule has 4 N–H and O–H groups in total. The molecule has 0 spiro atoms. The first-order valence-corrected chi connectivity index (χ1v) is 10.4. The van der Waals surface area contributed by atoms with Gasteiger partial charge in [-0.2, -0.15) is 9.78 Å². The first kappa shape index (κ1) is 20.6. The molecule has 2 heterocycles. The highest BCUT2D eigenvalue weighted by molar-refractivity contribution is 5.92. The highest BCUT2D eigenvalue weighted by Crippen LogP contribution is 2.73. The summed E-state index contributed by atoms with van der Waals surface area (Å²) < 4.78 is 11.0. The van der Waals surface area contributed by atoms with Crippen LogP contribution < -0.4 is 0 Å². The number of esters is 1. The average molecular weight is 424 g/mol. The summed E-state index contributed by atoms with van der Waals surface area (Å²) in [5, 5.41) is 39.5. The molecule has 5 rings (SSSR count). The van der Waals surface area contributed by atoms with Crippen LogP contribution in [-0.4, -0.2) is 69.5 Å². The molecule has 30 heavy (non-hydrogen) atoms. The Morgan fingerprint density at radius 2 is 1.97 bits per heavy atom. The Morgan fingerprint density at radius 3 is 2.67 bits per heavy atom. The van der Waals surface area contributed by atoms with Crippen LogP contribution in [0.15, 0.2) is 23.3 Å². The van der Waals surface area contributed by atoms with Gasteiger partial charge in [-0.25, -0.2) is 4.79 Å². The Bertz CT molecular complexity index is 821. The SMILES string of the molecule is C=C1[C@H]2C[C@H]2[C@]2(C)C[C@]3(OO[C@H]4O[C@H](CO)[C@@H](O)[C@H](O)[C@H]4O)OC(=O)C(C)=C3C[C@@H]12. The lowest BCUT2D eigenvalue weighted by Crippen LogP contribution is -2.60. The number of hydrogen-bond acceptors (Lipinski definition) is 9. The van der Waals surface area contributed by atoms with E-state index in [1.807, 2.05) is 0 Å². The first-order chi connectivity index (χ1) is 14.1. The number of aliphatic hydroxyl groups excluding tert-OH is 4. The molecule has 0 bridgehead atoms. The van der Waals surface area contributed by atoms with Crippen LogP contribution in [0, 0.1) is 23.2 Å². The Labute approximate surface area is 173 Å². The molecule has 2 aliphatic heterocycles. The van der Waals surface area contributed by atoms with Gasteiger partial charge in [-0.15, -0.1) is 0 Å². The van der Waals surface area contributed by atoms with Crippen LogP contribution in [0.3, 0.4) is 0 Å². The summed E-state index contributed by atoms with van der Waals surface area (Å²) in [7, 11) is 0. The van der Waals surface area contributed by atoms with Gasteiger partial charge in [-0.3, -0.25) is 0 Å². The molecule has 1 saturated heterocycles. The molecule has 0 aromatic heterocycles. The molecule has 0 amide bonds. The van der Waals surface area contributed by atoms with Crippen LogP contribution in [0.2, 0.25) is 0 Å². The molecular formula is C21H28O9. The van der Waals surface area contributed by atoms with E-state index in [1.54, 1.807) is 6.92 Å². The van der Waals surface area contributed by atoms with Gasteiger partial charge in [0.1, 0.15) is 24.4 Å². The molecule has 166 valence electrons. The van der Waals surface area contributed by atoms with Crippen molar-refractivity contribution in [1.82, 2.24) is 0 Å². The predicted octanol–water partition coefficient (Wildman–Crippen LogP) is -0.0737. The maximum atomic E-state index is 12.4. The van der Waals surface area contributed by atoms with E-state index in [2.05, 4.69) is 13.5 Å². The second kappa shape index (κ2) is 6.59. The van der Waals surface area contributed by atoms with E-state index in [9.17, 15) is 25.2 Å². The van der Waals surface area contributed by atoms with Crippen molar-refractivity contribution in [1.29, 1.82) is 0 Å². The molecule has 5 aliphatic rings. The Hall–Kier alpha value is -1.33. The fourth-order valence-electron chi connectivity index (χ4n) is 6.11. The molecule has 0 unspecified atom stereocenters. The summed E-state index contributed by atoms with van der Waals surface area (Å²) in [4.78, 5) is 23.5. The number of hydrogen-bond donors (Lipinski definition) is 4. The van der Waals surface area contributed by atoms with Crippen molar-refractivity contribution in [3.05, 3.63) is 23.3 Å². The number of ether oxygens (including phenoxy) is 2. The molecule has 3 saturated carbocycles. The lowest BCUT2D eigenvalue weighted by Gasteiger charge is -2.47. The molecule has 0 aromatic carbocycles. The van der Waals surface area contributed by atoms with Crippen molar-refractivity contribution in [2.75, 3.05) is 6.61 Å². The number of rotatable bonds is 4. The summed E-state index contributed by atoms with van der Waals surface area (Å²) >= 11 is 0. The number of carbonyl (C=O) groups is 1. The van der Waals surface area contributed by atoms with Crippen molar-refractivity contribution in [2.45, 2.75) is 69.6 Å². The smallest absolute Gasteiger partial charge is 0.336 e. The standard InChI is InChI=1S/C21H28O9/c1-8-10-4-13(10)20(3)7-21(12(5-11(8)20)9(2)18(26)28-21)30-29-19-17(25)16(24)15(23)14(6-22)27-19/h10-11,13-17,19,22-25H,1,4-7H2,2-3H3/t10-,11+,13-,14-,15-,16+,17-,19-,20-,21-/m1/s1. The largest absolute Gasteiger partial charge is 0.423 e. The third kappa shape index (κ3) is 2.63. The van der Waals surface area contributed by atoms with Gasteiger partial charge in [0.25, 0.3) is 5.79 Å². The number of fused-ring (bicyclic) bond motifs is 4. The summed E-state index contributed by atoms with van der Waals surface area (Å²) in [6, 6.07) is 0. The zero-order valence-electron chi connectivity index (χ0n) is 17.0. The van der Waals surface area contributed by atoms with Crippen molar-refractivity contribution in [2.24, 2.45) is 23.2 Å². The van der Waals surface area contributed by atoms with E-state index in [4.69, 9.17) is 19.2 Å². The summed E-state index contributed by atoms with van der Waals surface area (Å²) in [5.74, 6) is -0.723. The summed E-state index contributed by atoms with van der Waals surface area (Å²) in [6.45, 7) is 7.57. The fourth-order valence-corrected chi connectivity index (χ4v) is 6.11. The zero-order chi connectivity index (χ0) is 21.6. The van der Waals surface area contributed by atoms with Crippen molar-refractivity contribution < 1.29 is 44.5 Å². The monoisotopic (exact) mass is 424 g/mol. The highest BCUT2D eigenvalue weighted by atomic mass is 17.3. The minimum absolute atomic E-state index is 0.158. The van der Waals surface area contributed by atoms with E-state index in [0.717, 1.165) is 6.42 Å². The van der Waals surface area contributed by atoms with Crippen LogP contribution in [0.1, 0.15) is 33.1 Å². The van der Waals surface area contributed by atoms with Gasteiger partial charge in [-0.1, -0.05) is 19.1 Å². The van der Waals surface area contributed by atoms with E-state index in [1.165, 1.54) is 5.57 Å².